The molecule has 2 aromatic rings. The molecular formula is C13H13ClN4O2. The number of halogens is 1. The minimum absolute atomic E-state index is 0.0801. The van der Waals surface area contributed by atoms with E-state index in [1.807, 2.05) is 0 Å². The molecule has 0 aromatic carbocycles. The van der Waals surface area contributed by atoms with Crippen LogP contribution in [0.3, 0.4) is 0 Å². The Hall–Kier alpha value is -1.76. The first-order chi connectivity index (χ1) is 9.75. The summed E-state index contributed by atoms with van der Waals surface area (Å²) in [6.45, 7) is 1.94. The van der Waals surface area contributed by atoms with Gasteiger partial charge >= 0.3 is 0 Å². The number of rotatable bonds is 2. The van der Waals surface area contributed by atoms with Crippen LogP contribution in [0.1, 0.15) is 11.8 Å². The summed E-state index contributed by atoms with van der Waals surface area (Å²) in [7, 11) is 0. The van der Waals surface area contributed by atoms with Crippen LogP contribution in [0, 0.1) is 0 Å². The zero-order valence-corrected chi connectivity index (χ0v) is 11.4. The van der Waals surface area contributed by atoms with Crippen molar-refractivity contribution in [1.29, 1.82) is 0 Å². The normalized spacial score (nSPS) is 18.9. The molecule has 2 aromatic heterocycles. The Morgan fingerprint density at radius 2 is 2.15 bits per heavy atom. The van der Waals surface area contributed by atoms with E-state index < -0.39 is 0 Å². The summed E-state index contributed by atoms with van der Waals surface area (Å²) >= 11 is 6.06. The van der Waals surface area contributed by atoms with Crippen LogP contribution in [0.25, 0.3) is 11.4 Å². The predicted molar refractivity (Wildman–Crippen MR) is 74.7 cm³/mol. The zero-order valence-electron chi connectivity index (χ0n) is 10.6. The van der Waals surface area contributed by atoms with Crippen molar-refractivity contribution in [3.8, 4) is 11.4 Å². The fourth-order valence-corrected chi connectivity index (χ4v) is 2.29. The maximum absolute atomic E-state index is 12.0. The lowest BCUT2D eigenvalue weighted by Gasteiger charge is -2.23. The van der Waals surface area contributed by atoms with Gasteiger partial charge < -0.3 is 15.0 Å². The van der Waals surface area contributed by atoms with Crippen molar-refractivity contribution in [3.05, 3.63) is 45.6 Å². The van der Waals surface area contributed by atoms with E-state index >= 15 is 0 Å². The van der Waals surface area contributed by atoms with Gasteiger partial charge in [0.15, 0.2) is 0 Å². The molecule has 1 aliphatic rings. The fraction of sp³-hybridized carbons (Fsp3) is 0.308. The highest BCUT2D eigenvalue weighted by molar-refractivity contribution is 6.31. The number of pyridine rings is 1. The van der Waals surface area contributed by atoms with E-state index in [4.69, 9.17) is 16.3 Å². The van der Waals surface area contributed by atoms with Crippen molar-refractivity contribution in [2.24, 2.45) is 0 Å². The number of aromatic nitrogens is 3. The second-order valence-electron chi connectivity index (χ2n) is 4.41. The molecule has 2 N–H and O–H groups in total. The number of morpholine rings is 1. The van der Waals surface area contributed by atoms with Gasteiger partial charge in [-0.3, -0.25) is 9.78 Å². The molecule has 0 radical (unpaired) electrons. The minimum atomic E-state index is -0.363. The maximum Gasteiger partial charge on any atom is 0.270 e. The van der Waals surface area contributed by atoms with Crippen molar-refractivity contribution >= 4 is 11.6 Å². The summed E-state index contributed by atoms with van der Waals surface area (Å²) in [5, 5.41) is 3.27. The lowest BCUT2D eigenvalue weighted by Crippen LogP contribution is -2.34. The molecule has 1 unspecified atom stereocenters. The summed E-state index contributed by atoms with van der Waals surface area (Å²) in [5.74, 6) is 0.464. The Morgan fingerprint density at radius 3 is 2.85 bits per heavy atom. The van der Waals surface area contributed by atoms with Gasteiger partial charge in [-0.1, -0.05) is 11.6 Å². The largest absolute Gasteiger partial charge is 0.369 e. The predicted octanol–water partition coefficient (Wildman–Crippen LogP) is 1.15. The molecule has 1 fully saturated rings. The quantitative estimate of drug-likeness (QED) is 0.868. The molecule has 3 rings (SSSR count). The summed E-state index contributed by atoms with van der Waals surface area (Å²) in [4.78, 5) is 23.0. The van der Waals surface area contributed by atoms with Crippen LogP contribution in [-0.4, -0.2) is 34.6 Å². The average Bonchev–Trinajstić information content (AvgIpc) is 2.51. The molecule has 7 heteroatoms. The van der Waals surface area contributed by atoms with Gasteiger partial charge in [0.05, 0.1) is 12.3 Å². The van der Waals surface area contributed by atoms with E-state index in [1.54, 1.807) is 24.5 Å². The number of hydrogen-bond acceptors (Lipinski definition) is 5. The lowest BCUT2D eigenvalue weighted by molar-refractivity contribution is 0.0250. The first-order valence-corrected chi connectivity index (χ1v) is 6.66. The third kappa shape index (κ3) is 2.58. The minimum Gasteiger partial charge on any atom is -0.369 e. The van der Waals surface area contributed by atoms with Gasteiger partial charge in [0.25, 0.3) is 5.56 Å². The topological polar surface area (TPSA) is 79.9 Å². The number of hydrogen-bond donors (Lipinski definition) is 2. The van der Waals surface area contributed by atoms with E-state index in [-0.39, 0.29) is 16.7 Å². The maximum atomic E-state index is 12.0. The molecule has 20 heavy (non-hydrogen) atoms. The molecule has 0 amide bonds. The number of ether oxygens (including phenoxy) is 1. The Labute approximate surface area is 120 Å². The van der Waals surface area contributed by atoms with E-state index in [0.717, 1.165) is 12.1 Å². The van der Waals surface area contributed by atoms with Gasteiger partial charge in [-0.15, -0.1) is 0 Å². The van der Waals surface area contributed by atoms with Crippen molar-refractivity contribution < 1.29 is 4.74 Å². The van der Waals surface area contributed by atoms with Crippen molar-refractivity contribution in [1.82, 2.24) is 20.3 Å². The summed E-state index contributed by atoms with van der Waals surface area (Å²) in [6.07, 6.45) is 2.98. The van der Waals surface area contributed by atoms with E-state index in [1.165, 1.54) is 0 Å². The van der Waals surface area contributed by atoms with Crippen LogP contribution in [0.15, 0.2) is 29.3 Å². The Morgan fingerprint density at radius 1 is 1.35 bits per heavy atom. The standard InChI is InChI=1S/C13H13ClN4O2/c14-10-11(9-7-16-5-6-20-9)17-12(18-13(10)19)8-1-3-15-4-2-8/h1-4,9,16H,5-7H2,(H,17,18,19). The van der Waals surface area contributed by atoms with Gasteiger partial charge in [-0.05, 0) is 12.1 Å². The Bertz CT molecular complexity index is 653. The van der Waals surface area contributed by atoms with Crippen LogP contribution in [0.4, 0.5) is 0 Å². The summed E-state index contributed by atoms with van der Waals surface area (Å²) < 4.78 is 5.62. The lowest BCUT2D eigenvalue weighted by atomic mass is 10.2. The average molecular weight is 293 g/mol. The molecule has 6 nitrogen and oxygen atoms in total. The molecule has 3 heterocycles. The van der Waals surface area contributed by atoms with Crippen LogP contribution in [-0.2, 0) is 4.74 Å². The molecule has 0 aliphatic carbocycles. The SMILES string of the molecule is O=c1[nH]c(-c2ccncc2)nc(C2CNCCO2)c1Cl. The fourth-order valence-electron chi connectivity index (χ4n) is 2.08. The Balaban J connectivity index is 2.06. The molecular weight excluding hydrogens is 280 g/mol. The monoisotopic (exact) mass is 292 g/mol. The Kier molecular flexibility index (Phi) is 3.77. The highest BCUT2D eigenvalue weighted by Gasteiger charge is 2.22. The van der Waals surface area contributed by atoms with Crippen LogP contribution >= 0.6 is 11.6 Å². The second kappa shape index (κ2) is 5.70. The molecule has 0 spiro atoms. The molecule has 1 saturated heterocycles. The third-order valence-corrected chi connectivity index (χ3v) is 3.44. The van der Waals surface area contributed by atoms with Crippen molar-refractivity contribution in [3.63, 3.8) is 0 Å². The highest BCUT2D eigenvalue weighted by Crippen LogP contribution is 2.24. The van der Waals surface area contributed by atoms with Gasteiger partial charge in [0.2, 0.25) is 0 Å². The molecule has 0 saturated carbocycles. The third-order valence-electron chi connectivity index (χ3n) is 3.07. The number of H-pyrrole nitrogens is 1. The zero-order chi connectivity index (χ0) is 13.9. The van der Waals surface area contributed by atoms with Gasteiger partial charge in [-0.2, -0.15) is 0 Å². The van der Waals surface area contributed by atoms with Crippen molar-refractivity contribution in [2.45, 2.75) is 6.10 Å². The number of nitrogens with one attached hydrogen (secondary N) is 2. The first kappa shape index (κ1) is 13.2. The number of nitrogens with zero attached hydrogens (tertiary/aromatic N) is 2. The molecule has 104 valence electrons. The summed E-state index contributed by atoms with van der Waals surface area (Å²) in [5.41, 5.74) is 0.880. The van der Waals surface area contributed by atoms with Gasteiger partial charge in [0.1, 0.15) is 17.0 Å². The van der Waals surface area contributed by atoms with E-state index in [0.29, 0.717) is 24.7 Å². The van der Waals surface area contributed by atoms with Gasteiger partial charge in [-0.25, -0.2) is 4.98 Å². The molecule has 1 aliphatic heterocycles. The van der Waals surface area contributed by atoms with Crippen LogP contribution in [0.5, 0.6) is 0 Å². The molecule has 0 bridgehead atoms. The number of aromatic amines is 1. The highest BCUT2D eigenvalue weighted by atomic mass is 35.5. The van der Waals surface area contributed by atoms with E-state index in [9.17, 15) is 4.79 Å². The smallest absolute Gasteiger partial charge is 0.270 e. The first-order valence-electron chi connectivity index (χ1n) is 6.28. The second-order valence-corrected chi connectivity index (χ2v) is 4.79. The molecule has 1 atom stereocenters. The van der Waals surface area contributed by atoms with Crippen molar-refractivity contribution in [2.75, 3.05) is 19.7 Å². The summed E-state index contributed by atoms with van der Waals surface area (Å²) in [6, 6.07) is 3.55. The van der Waals surface area contributed by atoms with Gasteiger partial charge in [0, 0.05) is 31.0 Å². The van der Waals surface area contributed by atoms with E-state index in [2.05, 4.69) is 20.3 Å². The van der Waals surface area contributed by atoms with Crippen LogP contribution < -0.4 is 10.9 Å². The van der Waals surface area contributed by atoms with Crippen LogP contribution in [0.2, 0.25) is 5.02 Å².